The number of aromatic nitrogens is 1. The molecule has 2 unspecified atom stereocenters. The molecule has 0 aromatic carbocycles. The molecule has 2 aliphatic heterocycles. The van der Waals surface area contributed by atoms with Crippen LogP contribution in [0.15, 0.2) is 15.6 Å². The Hall–Kier alpha value is -1.52. The molecule has 9 heteroatoms. The van der Waals surface area contributed by atoms with E-state index in [1.54, 1.807) is 0 Å². The van der Waals surface area contributed by atoms with Crippen LogP contribution in [-0.2, 0) is 11.3 Å². The van der Waals surface area contributed by atoms with E-state index in [0.717, 1.165) is 62.5 Å². The van der Waals surface area contributed by atoms with Crippen molar-refractivity contribution in [3.63, 3.8) is 0 Å². The van der Waals surface area contributed by atoms with Gasteiger partial charge in [-0.25, -0.2) is 9.79 Å². The summed E-state index contributed by atoms with van der Waals surface area (Å²) < 4.78 is 11.2. The Labute approximate surface area is 215 Å². The van der Waals surface area contributed by atoms with Crippen LogP contribution in [0.2, 0.25) is 0 Å². The van der Waals surface area contributed by atoms with Crippen LogP contribution in [0.1, 0.15) is 97.4 Å². The number of aliphatic imine (C=N–C) groups is 1. The predicted molar refractivity (Wildman–Crippen MR) is 141 cm³/mol. The summed E-state index contributed by atoms with van der Waals surface area (Å²) in [6.07, 6.45) is 5.81. The molecule has 2 N–H and O–H groups in total. The molecule has 0 aliphatic carbocycles. The van der Waals surface area contributed by atoms with Gasteiger partial charge in [0.15, 0.2) is 11.7 Å². The van der Waals surface area contributed by atoms with Crippen molar-refractivity contribution in [1.29, 1.82) is 0 Å². The van der Waals surface area contributed by atoms with Gasteiger partial charge in [0.25, 0.3) is 0 Å². The average molecular weight is 576 g/mol. The average Bonchev–Trinajstić information content (AvgIpc) is 3.29. The highest BCUT2D eigenvalue weighted by molar-refractivity contribution is 14.0. The molecule has 2 atom stereocenters. The Kier molecular flexibility index (Phi) is 10.3. The summed E-state index contributed by atoms with van der Waals surface area (Å²) in [5.41, 5.74) is 0.551. The fourth-order valence-corrected chi connectivity index (χ4v) is 4.88. The van der Waals surface area contributed by atoms with Gasteiger partial charge in [-0.15, -0.1) is 24.0 Å². The normalized spacial score (nSPS) is 22.8. The molecule has 2 saturated heterocycles. The quantitative estimate of drug-likeness (QED) is 0.265. The molecule has 1 aromatic heterocycles. The van der Waals surface area contributed by atoms with Crippen molar-refractivity contribution in [3.05, 3.63) is 17.5 Å². The van der Waals surface area contributed by atoms with Crippen molar-refractivity contribution >= 4 is 36.0 Å². The van der Waals surface area contributed by atoms with E-state index in [2.05, 4.69) is 36.6 Å². The minimum Gasteiger partial charge on any atom is -0.444 e. The van der Waals surface area contributed by atoms with E-state index < -0.39 is 5.60 Å². The van der Waals surface area contributed by atoms with Gasteiger partial charge >= 0.3 is 6.09 Å². The minimum atomic E-state index is -0.467. The maximum absolute atomic E-state index is 12.7. The first-order valence-corrected chi connectivity index (χ1v) is 12.3. The zero-order valence-corrected chi connectivity index (χ0v) is 23.3. The molecular weight excluding hydrogens is 533 g/mol. The number of hydrogen-bond donors (Lipinski definition) is 2. The highest BCUT2D eigenvalue weighted by atomic mass is 127. The van der Waals surface area contributed by atoms with E-state index in [1.807, 2.05) is 31.7 Å². The van der Waals surface area contributed by atoms with Crippen LogP contribution in [0.4, 0.5) is 4.79 Å². The summed E-state index contributed by atoms with van der Waals surface area (Å²) in [4.78, 5) is 19.4. The largest absolute Gasteiger partial charge is 0.444 e. The molecule has 33 heavy (non-hydrogen) atoms. The van der Waals surface area contributed by atoms with Crippen molar-refractivity contribution in [1.82, 2.24) is 20.7 Å². The Balaban J connectivity index is 0.00000385. The lowest BCUT2D eigenvalue weighted by atomic mass is 9.98. The molecule has 0 saturated carbocycles. The lowest BCUT2D eigenvalue weighted by Gasteiger charge is -2.40. The molecular formula is C24H42IN5O3. The number of hydrogen-bond acceptors (Lipinski definition) is 5. The van der Waals surface area contributed by atoms with Crippen molar-refractivity contribution < 1.29 is 14.1 Å². The smallest absolute Gasteiger partial charge is 0.410 e. The number of amides is 1. The van der Waals surface area contributed by atoms with Gasteiger partial charge in [-0.1, -0.05) is 19.0 Å². The molecule has 1 amide bonds. The van der Waals surface area contributed by atoms with E-state index in [4.69, 9.17) is 14.3 Å². The number of halogens is 1. The van der Waals surface area contributed by atoms with Crippen LogP contribution < -0.4 is 10.6 Å². The fraction of sp³-hybridized carbons (Fsp3) is 0.792. The summed E-state index contributed by atoms with van der Waals surface area (Å²) in [6, 6.07) is 2.75. The van der Waals surface area contributed by atoms with E-state index in [1.165, 1.54) is 0 Å². The molecule has 0 radical (unpaired) electrons. The van der Waals surface area contributed by atoms with E-state index in [0.29, 0.717) is 12.5 Å². The van der Waals surface area contributed by atoms with Gasteiger partial charge in [0.2, 0.25) is 0 Å². The second-order valence-electron chi connectivity index (χ2n) is 10.0. The zero-order chi connectivity index (χ0) is 23.3. The number of guanidine groups is 1. The van der Waals surface area contributed by atoms with Gasteiger partial charge in [0.05, 0.1) is 5.69 Å². The molecule has 3 rings (SSSR count). The second-order valence-corrected chi connectivity index (χ2v) is 10.0. The standard InChI is InChI=1S/C24H41N5O3.HI/c1-7-16(8-2)21-14-20(32-28-21)15-26-22(25-9-3)27-17-12-18-10-11-19(13-17)29(18)23(30)31-24(4,5)6;/h14,16-19H,7-13,15H2,1-6H3,(H2,25,26,27);1H. The first-order chi connectivity index (χ1) is 15.2. The first-order valence-electron chi connectivity index (χ1n) is 12.3. The van der Waals surface area contributed by atoms with Crippen LogP contribution in [0, 0.1) is 0 Å². The van der Waals surface area contributed by atoms with Gasteiger partial charge in [0.1, 0.15) is 12.1 Å². The Morgan fingerprint density at radius 2 is 1.88 bits per heavy atom. The van der Waals surface area contributed by atoms with Crippen LogP contribution in [0.25, 0.3) is 0 Å². The Morgan fingerprint density at radius 1 is 1.24 bits per heavy atom. The minimum absolute atomic E-state index is 0. The topological polar surface area (TPSA) is 92.0 Å². The van der Waals surface area contributed by atoms with E-state index in [9.17, 15) is 4.79 Å². The highest BCUT2D eigenvalue weighted by Crippen LogP contribution is 2.36. The van der Waals surface area contributed by atoms with E-state index >= 15 is 0 Å². The highest BCUT2D eigenvalue weighted by Gasteiger charge is 2.45. The third-order valence-corrected chi connectivity index (χ3v) is 6.40. The van der Waals surface area contributed by atoms with Crippen molar-refractivity contribution in [2.24, 2.45) is 4.99 Å². The lowest BCUT2D eigenvalue weighted by molar-refractivity contribution is 0.00545. The number of fused-ring (bicyclic) bond motifs is 2. The van der Waals surface area contributed by atoms with E-state index in [-0.39, 0.29) is 48.2 Å². The maximum atomic E-state index is 12.7. The van der Waals surface area contributed by atoms with Crippen LogP contribution in [-0.4, -0.2) is 52.4 Å². The second kappa shape index (κ2) is 12.3. The van der Waals surface area contributed by atoms with Gasteiger partial charge < -0.3 is 24.8 Å². The predicted octanol–water partition coefficient (Wildman–Crippen LogP) is 5.18. The number of rotatable bonds is 7. The molecule has 2 aliphatic rings. The third-order valence-electron chi connectivity index (χ3n) is 6.40. The molecule has 188 valence electrons. The SMILES string of the molecule is CCNC(=NCc1cc(C(CC)CC)no1)NC1CC2CCC(C1)N2C(=O)OC(C)(C)C.I. The molecule has 3 heterocycles. The summed E-state index contributed by atoms with van der Waals surface area (Å²) in [5, 5.41) is 11.2. The monoisotopic (exact) mass is 575 g/mol. The summed E-state index contributed by atoms with van der Waals surface area (Å²) in [7, 11) is 0. The van der Waals surface area contributed by atoms with Gasteiger partial charge in [-0.3, -0.25) is 0 Å². The fourth-order valence-electron chi connectivity index (χ4n) is 4.88. The first kappa shape index (κ1) is 27.7. The number of carbonyl (C=O) groups excluding carboxylic acids is 1. The van der Waals surface area contributed by atoms with Gasteiger partial charge in [0, 0.05) is 36.7 Å². The number of nitrogens with one attached hydrogen (secondary N) is 2. The van der Waals surface area contributed by atoms with Gasteiger partial charge in [-0.2, -0.15) is 0 Å². The van der Waals surface area contributed by atoms with Crippen molar-refractivity contribution in [2.45, 2.75) is 116 Å². The molecule has 1 aromatic rings. The molecule has 0 spiro atoms. The molecule has 8 nitrogen and oxygen atoms in total. The number of piperidine rings is 1. The van der Waals surface area contributed by atoms with Crippen LogP contribution in [0.5, 0.6) is 0 Å². The molecule has 2 bridgehead atoms. The molecule has 2 fully saturated rings. The third kappa shape index (κ3) is 7.48. The number of ether oxygens (including phenoxy) is 1. The summed E-state index contributed by atoms with van der Waals surface area (Å²) >= 11 is 0. The van der Waals surface area contributed by atoms with Crippen molar-refractivity contribution in [2.75, 3.05) is 6.54 Å². The number of carbonyl (C=O) groups is 1. The van der Waals surface area contributed by atoms with Crippen molar-refractivity contribution in [3.8, 4) is 0 Å². The lowest BCUT2D eigenvalue weighted by Crippen LogP contribution is -2.55. The van der Waals surface area contributed by atoms with Crippen LogP contribution in [0.3, 0.4) is 0 Å². The summed E-state index contributed by atoms with van der Waals surface area (Å²) in [5.74, 6) is 2.00. The number of nitrogens with zero attached hydrogens (tertiary/aromatic N) is 3. The Bertz CT molecular complexity index is 773. The Morgan fingerprint density at radius 3 is 2.42 bits per heavy atom. The summed E-state index contributed by atoms with van der Waals surface area (Å²) in [6.45, 7) is 13.4. The zero-order valence-electron chi connectivity index (χ0n) is 21.0. The van der Waals surface area contributed by atoms with Crippen LogP contribution >= 0.6 is 24.0 Å². The van der Waals surface area contributed by atoms with Gasteiger partial charge in [-0.05, 0) is 66.2 Å². The maximum Gasteiger partial charge on any atom is 0.410 e.